The van der Waals surface area contributed by atoms with Gasteiger partial charge in [0.05, 0.1) is 23.1 Å². The molecule has 0 unspecified atom stereocenters. The van der Waals surface area contributed by atoms with E-state index in [1.54, 1.807) is 49.1 Å². The number of benzene rings is 1. The second kappa shape index (κ2) is 6.49. The highest BCUT2D eigenvalue weighted by molar-refractivity contribution is 6.33. The molecule has 1 N–H and O–H groups in total. The van der Waals surface area contributed by atoms with Crippen LogP contribution >= 0.6 is 11.6 Å². The molecule has 6 heteroatoms. The highest BCUT2D eigenvalue weighted by Crippen LogP contribution is 2.25. The molecule has 0 atom stereocenters. The molecule has 22 heavy (non-hydrogen) atoms. The summed E-state index contributed by atoms with van der Waals surface area (Å²) in [5.41, 5.74) is 1.95. The first-order chi connectivity index (χ1) is 10.7. The van der Waals surface area contributed by atoms with Crippen molar-refractivity contribution in [3.8, 4) is 11.3 Å². The van der Waals surface area contributed by atoms with Gasteiger partial charge in [0.15, 0.2) is 0 Å². The van der Waals surface area contributed by atoms with Gasteiger partial charge in [-0.1, -0.05) is 29.8 Å². The number of anilines is 1. The van der Waals surface area contributed by atoms with E-state index in [1.165, 1.54) is 6.07 Å². The summed E-state index contributed by atoms with van der Waals surface area (Å²) >= 11 is 6.10. The average Bonchev–Trinajstić information content (AvgIpc) is 2.55. The minimum absolute atomic E-state index is 0.253. The molecule has 3 aromatic rings. The second-order valence-electron chi connectivity index (χ2n) is 4.59. The predicted octanol–water partition coefficient (Wildman–Crippen LogP) is 3.94. The third-order valence-electron chi connectivity index (χ3n) is 3.10. The number of nitrogens with zero attached hydrogens (tertiary/aromatic N) is 3. The van der Waals surface area contributed by atoms with Crippen molar-refractivity contribution in [1.82, 2.24) is 15.0 Å². The number of hydrogen-bond donors (Lipinski definition) is 1. The van der Waals surface area contributed by atoms with Gasteiger partial charge in [0.2, 0.25) is 0 Å². The zero-order valence-electron chi connectivity index (χ0n) is 11.5. The molecule has 110 valence electrons. The lowest BCUT2D eigenvalue weighted by molar-refractivity contribution is 0.613. The highest BCUT2D eigenvalue weighted by atomic mass is 35.5. The maximum Gasteiger partial charge on any atom is 0.145 e. The average molecular weight is 315 g/mol. The molecule has 0 aliphatic heterocycles. The maximum absolute atomic E-state index is 13.6. The highest BCUT2D eigenvalue weighted by Gasteiger charge is 2.07. The fraction of sp³-hybridized carbons (Fsp3) is 0.0625. The number of aromatic nitrogens is 3. The van der Waals surface area contributed by atoms with E-state index in [-0.39, 0.29) is 5.82 Å². The quantitative estimate of drug-likeness (QED) is 0.792. The summed E-state index contributed by atoms with van der Waals surface area (Å²) in [6.07, 6.45) is 6.40. The van der Waals surface area contributed by atoms with Gasteiger partial charge < -0.3 is 5.32 Å². The standard InChI is InChI=1S/C16H12ClFN4/c17-13-8-19-6-5-12(13)15-9-20-10-16(22-15)21-7-11-3-1-2-4-14(11)18/h1-6,8-10H,7H2,(H,21,22). The molecule has 0 aliphatic carbocycles. The van der Waals surface area contributed by atoms with E-state index in [0.29, 0.717) is 28.6 Å². The van der Waals surface area contributed by atoms with Crippen LogP contribution in [0.4, 0.5) is 10.2 Å². The molecule has 2 heterocycles. The van der Waals surface area contributed by atoms with E-state index in [2.05, 4.69) is 20.3 Å². The van der Waals surface area contributed by atoms with E-state index in [4.69, 9.17) is 11.6 Å². The predicted molar refractivity (Wildman–Crippen MR) is 84.0 cm³/mol. The lowest BCUT2D eigenvalue weighted by atomic mass is 10.2. The van der Waals surface area contributed by atoms with Crippen molar-refractivity contribution in [3.05, 3.63) is 71.5 Å². The van der Waals surface area contributed by atoms with Crippen LogP contribution in [0.5, 0.6) is 0 Å². The molecule has 0 bridgehead atoms. The Labute approximate surface area is 132 Å². The summed E-state index contributed by atoms with van der Waals surface area (Å²) in [7, 11) is 0. The van der Waals surface area contributed by atoms with E-state index in [9.17, 15) is 4.39 Å². The number of nitrogens with one attached hydrogen (secondary N) is 1. The zero-order valence-corrected chi connectivity index (χ0v) is 12.3. The fourth-order valence-corrected chi connectivity index (χ4v) is 2.21. The minimum Gasteiger partial charge on any atom is -0.365 e. The van der Waals surface area contributed by atoms with Gasteiger partial charge in [-0.2, -0.15) is 0 Å². The molecule has 3 rings (SSSR count). The molecular formula is C16H12ClFN4. The molecule has 0 spiro atoms. The minimum atomic E-state index is -0.253. The molecule has 0 fully saturated rings. The number of rotatable bonds is 4. The van der Waals surface area contributed by atoms with Crippen LogP contribution in [-0.4, -0.2) is 15.0 Å². The Morgan fingerprint density at radius 1 is 1.05 bits per heavy atom. The SMILES string of the molecule is Fc1ccccc1CNc1cncc(-c2ccncc2Cl)n1. The maximum atomic E-state index is 13.6. The van der Waals surface area contributed by atoms with Crippen LogP contribution in [0.2, 0.25) is 5.02 Å². The summed E-state index contributed by atoms with van der Waals surface area (Å²) in [5, 5.41) is 3.56. The lowest BCUT2D eigenvalue weighted by Gasteiger charge is -2.08. The van der Waals surface area contributed by atoms with E-state index >= 15 is 0 Å². The molecule has 2 aromatic heterocycles. The zero-order chi connectivity index (χ0) is 15.4. The molecule has 0 aliphatic rings. The van der Waals surface area contributed by atoms with Gasteiger partial charge in [-0.15, -0.1) is 0 Å². The van der Waals surface area contributed by atoms with Gasteiger partial charge in [0.1, 0.15) is 11.6 Å². The Morgan fingerprint density at radius 3 is 2.73 bits per heavy atom. The molecule has 0 amide bonds. The summed E-state index contributed by atoms with van der Waals surface area (Å²) in [6.45, 7) is 0.328. The Morgan fingerprint density at radius 2 is 1.91 bits per heavy atom. The van der Waals surface area contributed by atoms with Crippen molar-refractivity contribution >= 4 is 17.4 Å². The Bertz CT molecular complexity index is 794. The van der Waals surface area contributed by atoms with Crippen LogP contribution < -0.4 is 5.32 Å². The van der Waals surface area contributed by atoms with Crippen LogP contribution in [0.25, 0.3) is 11.3 Å². The van der Waals surface area contributed by atoms with Crippen molar-refractivity contribution < 1.29 is 4.39 Å². The van der Waals surface area contributed by atoms with Gasteiger partial charge in [-0.05, 0) is 12.1 Å². The Balaban J connectivity index is 1.80. The molecule has 0 radical (unpaired) electrons. The number of pyridine rings is 1. The molecule has 0 saturated carbocycles. The number of halogens is 2. The topological polar surface area (TPSA) is 50.7 Å². The van der Waals surface area contributed by atoms with Crippen molar-refractivity contribution in [2.24, 2.45) is 0 Å². The fourth-order valence-electron chi connectivity index (χ4n) is 1.99. The van der Waals surface area contributed by atoms with Crippen LogP contribution in [0.3, 0.4) is 0 Å². The number of hydrogen-bond acceptors (Lipinski definition) is 4. The molecule has 4 nitrogen and oxygen atoms in total. The van der Waals surface area contributed by atoms with Gasteiger partial charge in [0, 0.05) is 30.1 Å². The van der Waals surface area contributed by atoms with E-state index in [1.807, 2.05) is 0 Å². The second-order valence-corrected chi connectivity index (χ2v) is 5.00. The summed E-state index contributed by atoms with van der Waals surface area (Å²) < 4.78 is 13.6. The molecule has 0 saturated heterocycles. The van der Waals surface area contributed by atoms with Crippen LogP contribution in [0, 0.1) is 5.82 Å². The smallest absolute Gasteiger partial charge is 0.145 e. The van der Waals surface area contributed by atoms with E-state index in [0.717, 1.165) is 5.56 Å². The summed E-state index contributed by atoms with van der Waals surface area (Å²) in [4.78, 5) is 12.5. The lowest BCUT2D eigenvalue weighted by Crippen LogP contribution is -2.04. The Hall–Kier alpha value is -2.53. The Kier molecular flexibility index (Phi) is 4.25. The van der Waals surface area contributed by atoms with Gasteiger partial charge >= 0.3 is 0 Å². The third-order valence-corrected chi connectivity index (χ3v) is 3.40. The van der Waals surface area contributed by atoms with Crippen molar-refractivity contribution in [2.45, 2.75) is 6.54 Å². The van der Waals surface area contributed by atoms with Gasteiger partial charge in [0.25, 0.3) is 0 Å². The monoisotopic (exact) mass is 314 g/mol. The van der Waals surface area contributed by atoms with Crippen molar-refractivity contribution in [3.63, 3.8) is 0 Å². The normalized spacial score (nSPS) is 10.5. The van der Waals surface area contributed by atoms with E-state index < -0.39 is 0 Å². The first-order valence-corrected chi connectivity index (χ1v) is 7.01. The molecule has 1 aromatic carbocycles. The first-order valence-electron chi connectivity index (χ1n) is 6.63. The van der Waals surface area contributed by atoms with Crippen molar-refractivity contribution in [2.75, 3.05) is 5.32 Å². The first kappa shape index (κ1) is 14.4. The van der Waals surface area contributed by atoms with Crippen LogP contribution in [-0.2, 0) is 6.54 Å². The van der Waals surface area contributed by atoms with Crippen LogP contribution in [0.1, 0.15) is 5.56 Å². The molecular weight excluding hydrogens is 303 g/mol. The van der Waals surface area contributed by atoms with Gasteiger partial charge in [-0.3, -0.25) is 9.97 Å². The van der Waals surface area contributed by atoms with Gasteiger partial charge in [-0.25, -0.2) is 9.37 Å². The third kappa shape index (κ3) is 3.20. The van der Waals surface area contributed by atoms with Crippen molar-refractivity contribution in [1.29, 1.82) is 0 Å². The summed E-state index contributed by atoms with van der Waals surface area (Å²) in [5.74, 6) is 0.296. The summed E-state index contributed by atoms with van der Waals surface area (Å²) in [6, 6.07) is 8.37. The largest absolute Gasteiger partial charge is 0.365 e. The van der Waals surface area contributed by atoms with Crippen LogP contribution in [0.15, 0.2) is 55.1 Å².